The van der Waals surface area contributed by atoms with Crippen LogP contribution in [0.4, 0.5) is 18.9 Å². The number of aldehydes is 1. The number of carbonyl (C=O) groups excluding carboxylic acids is 1. The topological polar surface area (TPSA) is 53.3 Å². The van der Waals surface area contributed by atoms with Crippen LogP contribution in [0.3, 0.4) is 0 Å². The number of alkyl halides is 3. The molecule has 1 saturated heterocycles. The van der Waals surface area contributed by atoms with Gasteiger partial charge in [-0.05, 0) is 25.1 Å². The second-order valence-electron chi connectivity index (χ2n) is 4.40. The Morgan fingerprint density at radius 3 is 2.70 bits per heavy atom. The second-order valence-corrected chi connectivity index (χ2v) is 4.40. The van der Waals surface area contributed by atoms with Gasteiger partial charge in [0.15, 0.2) is 6.29 Å². The predicted molar refractivity (Wildman–Crippen MR) is 63.9 cm³/mol. The van der Waals surface area contributed by atoms with Gasteiger partial charge in [-0.3, -0.25) is 0 Å². The quantitative estimate of drug-likeness (QED) is 0.782. The van der Waals surface area contributed by atoms with Gasteiger partial charge in [0.05, 0.1) is 23.7 Å². The highest BCUT2D eigenvalue weighted by atomic mass is 19.4. The molecular formula is C13H11F3N2O2. The Labute approximate surface area is 113 Å². The van der Waals surface area contributed by atoms with Crippen LogP contribution >= 0.6 is 0 Å². The summed E-state index contributed by atoms with van der Waals surface area (Å²) in [6.45, 7) is 1.84. The third kappa shape index (κ3) is 2.60. The Morgan fingerprint density at radius 1 is 1.50 bits per heavy atom. The van der Waals surface area contributed by atoms with Crippen LogP contribution in [0.1, 0.15) is 18.1 Å². The number of hydrogen-bond acceptors (Lipinski definition) is 4. The van der Waals surface area contributed by atoms with Gasteiger partial charge in [0, 0.05) is 5.69 Å². The lowest BCUT2D eigenvalue weighted by Crippen LogP contribution is -2.28. The lowest BCUT2D eigenvalue weighted by molar-refractivity contribution is -0.137. The molecule has 0 radical (unpaired) electrons. The number of halogens is 3. The maximum atomic E-state index is 12.9. The largest absolute Gasteiger partial charge is 0.417 e. The van der Waals surface area contributed by atoms with Gasteiger partial charge in [0.2, 0.25) is 0 Å². The molecule has 106 valence electrons. The van der Waals surface area contributed by atoms with E-state index in [2.05, 4.69) is 0 Å². The van der Waals surface area contributed by atoms with Gasteiger partial charge in [-0.1, -0.05) is 0 Å². The third-order valence-corrected chi connectivity index (χ3v) is 3.10. The van der Waals surface area contributed by atoms with Gasteiger partial charge >= 0.3 is 6.18 Å². The summed E-state index contributed by atoms with van der Waals surface area (Å²) in [4.78, 5) is 12.2. The maximum Gasteiger partial charge on any atom is 0.417 e. The standard InChI is InChI=1S/C13H11F3N2O2/c1-8-18(6-11(7-19)20-8)10-3-2-9(5-17)12(4-10)13(14,15)16/h2-4,7-8,11H,6H2,1H3/t8-,11+/m0/s1. The summed E-state index contributed by atoms with van der Waals surface area (Å²) in [5, 5.41) is 8.74. The van der Waals surface area contributed by atoms with E-state index in [0.717, 1.165) is 12.1 Å². The molecule has 7 heteroatoms. The Balaban J connectivity index is 2.40. The van der Waals surface area contributed by atoms with Gasteiger partial charge in [-0.25, -0.2) is 0 Å². The number of nitrogens with zero attached hydrogens (tertiary/aromatic N) is 2. The molecular weight excluding hydrogens is 273 g/mol. The number of nitriles is 1. The van der Waals surface area contributed by atoms with E-state index < -0.39 is 29.6 Å². The maximum absolute atomic E-state index is 12.9. The first kappa shape index (κ1) is 14.3. The Kier molecular flexibility index (Phi) is 3.68. The van der Waals surface area contributed by atoms with Crippen molar-refractivity contribution in [3.8, 4) is 6.07 Å². The van der Waals surface area contributed by atoms with Crippen LogP contribution in [-0.4, -0.2) is 25.2 Å². The monoisotopic (exact) mass is 284 g/mol. The smallest absolute Gasteiger partial charge is 0.346 e. The summed E-state index contributed by atoms with van der Waals surface area (Å²) in [5.74, 6) is 0. The van der Waals surface area contributed by atoms with E-state index in [9.17, 15) is 18.0 Å². The average molecular weight is 284 g/mol. The number of carbonyl (C=O) groups is 1. The minimum absolute atomic E-state index is 0.188. The lowest BCUT2D eigenvalue weighted by atomic mass is 10.1. The fourth-order valence-corrected chi connectivity index (χ4v) is 2.15. The van der Waals surface area contributed by atoms with Crippen LogP contribution in [0, 0.1) is 11.3 Å². The van der Waals surface area contributed by atoms with Crippen molar-refractivity contribution in [1.82, 2.24) is 0 Å². The van der Waals surface area contributed by atoms with Crippen molar-refractivity contribution < 1.29 is 22.7 Å². The third-order valence-electron chi connectivity index (χ3n) is 3.10. The van der Waals surface area contributed by atoms with Crippen LogP contribution in [0.15, 0.2) is 18.2 Å². The number of hydrogen-bond donors (Lipinski definition) is 0. The van der Waals surface area contributed by atoms with Crippen molar-refractivity contribution in [3.63, 3.8) is 0 Å². The first-order valence-electron chi connectivity index (χ1n) is 5.85. The molecule has 0 spiro atoms. The zero-order chi connectivity index (χ0) is 14.9. The molecule has 20 heavy (non-hydrogen) atoms. The first-order chi connectivity index (χ1) is 9.36. The van der Waals surface area contributed by atoms with Gasteiger partial charge in [0.1, 0.15) is 12.3 Å². The molecule has 1 aliphatic rings. The minimum atomic E-state index is -4.60. The van der Waals surface area contributed by atoms with Crippen LogP contribution in [0.25, 0.3) is 0 Å². The number of anilines is 1. The SMILES string of the molecule is C[C@@H]1O[C@@H](C=O)CN1c1ccc(C#N)c(C(F)(F)F)c1. The molecule has 1 aliphatic heterocycles. The zero-order valence-electron chi connectivity index (χ0n) is 10.5. The first-order valence-corrected chi connectivity index (χ1v) is 5.85. The van der Waals surface area contributed by atoms with Crippen molar-refractivity contribution in [2.45, 2.75) is 25.4 Å². The van der Waals surface area contributed by atoms with Crippen LogP contribution in [0.5, 0.6) is 0 Å². The summed E-state index contributed by atoms with van der Waals surface area (Å²) in [6, 6.07) is 4.98. The van der Waals surface area contributed by atoms with E-state index >= 15 is 0 Å². The molecule has 1 aromatic carbocycles. The van der Waals surface area contributed by atoms with Crippen LogP contribution < -0.4 is 4.90 Å². The molecule has 0 unspecified atom stereocenters. The fourth-order valence-electron chi connectivity index (χ4n) is 2.15. The predicted octanol–water partition coefficient (Wildman–Crippen LogP) is 2.33. The number of benzene rings is 1. The van der Waals surface area contributed by atoms with Gasteiger partial charge in [-0.15, -0.1) is 0 Å². The van der Waals surface area contributed by atoms with Crippen molar-refractivity contribution in [2.75, 3.05) is 11.4 Å². The summed E-state index contributed by atoms with van der Waals surface area (Å²) >= 11 is 0. The van der Waals surface area contributed by atoms with E-state index in [1.54, 1.807) is 11.8 Å². The average Bonchev–Trinajstić information content (AvgIpc) is 2.78. The van der Waals surface area contributed by atoms with Crippen molar-refractivity contribution in [1.29, 1.82) is 5.26 Å². The van der Waals surface area contributed by atoms with Crippen LogP contribution in [-0.2, 0) is 15.7 Å². The van der Waals surface area contributed by atoms with E-state index in [1.807, 2.05) is 0 Å². The van der Waals surface area contributed by atoms with Crippen molar-refractivity contribution >= 4 is 12.0 Å². The van der Waals surface area contributed by atoms with E-state index in [0.29, 0.717) is 6.29 Å². The molecule has 2 atom stereocenters. The Hall–Kier alpha value is -2.07. The molecule has 1 fully saturated rings. The molecule has 0 aromatic heterocycles. The van der Waals surface area contributed by atoms with Gasteiger partial charge in [0.25, 0.3) is 0 Å². The van der Waals surface area contributed by atoms with E-state index in [-0.39, 0.29) is 12.2 Å². The fraction of sp³-hybridized carbons (Fsp3) is 0.385. The highest BCUT2D eigenvalue weighted by molar-refractivity contribution is 5.62. The van der Waals surface area contributed by atoms with Crippen molar-refractivity contribution in [2.24, 2.45) is 0 Å². The number of rotatable bonds is 2. The van der Waals surface area contributed by atoms with Gasteiger partial charge in [-0.2, -0.15) is 18.4 Å². The normalized spacial score (nSPS) is 22.6. The summed E-state index contributed by atoms with van der Waals surface area (Å²) in [7, 11) is 0. The Bertz CT molecular complexity index is 566. The second kappa shape index (κ2) is 5.13. The number of ether oxygens (including phenoxy) is 1. The molecule has 2 rings (SSSR count). The molecule has 0 N–H and O–H groups in total. The Morgan fingerprint density at radius 2 is 2.20 bits per heavy atom. The molecule has 0 saturated carbocycles. The van der Waals surface area contributed by atoms with Crippen LogP contribution in [0.2, 0.25) is 0 Å². The minimum Gasteiger partial charge on any atom is -0.346 e. The molecule has 1 aromatic rings. The van der Waals surface area contributed by atoms with E-state index in [1.165, 1.54) is 12.1 Å². The summed E-state index contributed by atoms with van der Waals surface area (Å²) in [5.41, 5.74) is -1.15. The molecule has 0 amide bonds. The molecule has 1 heterocycles. The molecule has 0 bridgehead atoms. The molecule has 0 aliphatic carbocycles. The lowest BCUT2D eigenvalue weighted by Gasteiger charge is -2.23. The summed E-state index contributed by atoms with van der Waals surface area (Å²) < 4.78 is 43.9. The highest BCUT2D eigenvalue weighted by Gasteiger charge is 2.36. The van der Waals surface area contributed by atoms with Gasteiger partial charge < -0.3 is 14.4 Å². The summed E-state index contributed by atoms with van der Waals surface area (Å²) in [6.07, 6.45) is -5.14. The molecule has 4 nitrogen and oxygen atoms in total. The van der Waals surface area contributed by atoms with Crippen molar-refractivity contribution in [3.05, 3.63) is 29.3 Å². The zero-order valence-corrected chi connectivity index (χ0v) is 10.5. The van der Waals surface area contributed by atoms with E-state index in [4.69, 9.17) is 10.00 Å². The highest BCUT2D eigenvalue weighted by Crippen LogP contribution is 2.35.